The van der Waals surface area contributed by atoms with Crippen molar-refractivity contribution in [2.24, 2.45) is 34.7 Å². The summed E-state index contributed by atoms with van der Waals surface area (Å²) in [4.78, 5) is 22.4. The number of hydrogen-bond donors (Lipinski definition) is 4. The van der Waals surface area contributed by atoms with Crippen molar-refractivity contribution in [1.29, 1.82) is 0 Å². The maximum Gasteiger partial charge on any atom is 0.185 e. The van der Waals surface area contributed by atoms with E-state index in [1.807, 2.05) is 74.4 Å². The van der Waals surface area contributed by atoms with E-state index in [9.17, 15) is 25.2 Å². The van der Waals surface area contributed by atoms with E-state index in [0.717, 1.165) is 12.8 Å². The minimum atomic E-state index is -1.66. The highest BCUT2D eigenvalue weighted by Crippen LogP contribution is 2.43. The molecular formula is C43H80N2O12. The fourth-order valence-corrected chi connectivity index (χ4v) is 9.53. The van der Waals surface area contributed by atoms with Gasteiger partial charge in [-0.05, 0) is 73.9 Å². The molecule has 0 bridgehead atoms. The Bertz CT molecular complexity index is 1290. The Labute approximate surface area is 343 Å². The van der Waals surface area contributed by atoms with Crippen molar-refractivity contribution in [1.82, 2.24) is 4.90 Å². The highest BCUT2D eigenvalue weighted by molar-refractivity contribution is 5.89. The van der Waals surface area contributed by atoms with Gasteiger partial charge in [-0.2, -0.15) is 0 Å². The van der Waals surface area contributed by atoms with Crippen molar-refractivity contribution in [2.75, 3.05) is 34.9 Å². The van der Waals surface area contributed by atoms with Crippen LogP contribution in [0.4, 0.5) is 0 Å². The number of oxime groups is 1. The smallest absolute Gasteiger partial charge is 0.185 e. The van der Waals surface area contributed by atoms with Crippen molar-refractivity contribution < 1.29 is 58.5 Å². The van der Waals surface area contributed by atoms with Gasteiger partial charge in [0, 0.05) is 56.8 Å². The summed E-state index contributed by atoms with van der Waals surface area (Å²) in [5, 5.41) is 51.5. The third-order valence-electron chi connectivity index (χ3n) is 13.7. The van der Waals surface area contributed by atoms with Crippen LogP contribution in [-0.4, -0.2) is 150 Å². The summed E-state index contributed by atoms with van der Waals surface area (Å²) in [7, 11) is 6.98. The Balaban J connectivity index is 2.28. The van der Waals surface area contributed by atoms with Gasteiger partial charge in [-0.3, -0.25) is 4.79 Å². The van der Waals surface area contributed by atoms with Crippen molar-refractivity contribution in [2.45, 2.75) is 199 Å². The number of ether oxygens (including phenoxy) is 6. The summed E-state index contributed by atoms with van der Waals surface area (Å²) >= 11 is 0. The first-order valence-corrected chi connectivity index (χ1v) is 21.4. The summed E-state index contributed by atoms with van der Waals surface area (Å²) in [6, 6.07) is -0.247. The number of aliphatic hydroxyl groups excluding tert-OH is 3. The molecule has 0 unspecified atom stereocenters. The first-order valence-electron chi connectivity index (χ1n) is 21.4. The zero-order valence-corrected chi connectivity index (χ0v) is 37.8. The molecule has 3 fully saturated rings. The van der Waals surface area contributed by atoms with Crippen LogP contribution < -0.4 is 0 Å². The summed E-state index contributed by atoms with van der Waals surface area (Å²) in [5.74, 6) is -3.16. The van der Waals surface area contributed by atoms with Crippen LogP contribution in [0.2, 0.25) is 0 Å². The number of hydrogen-bond acceptors (Lipinski definition) is 14. The Morgan fingerprint density at radius 3 is 2.07 bits per heavy atom. The molecule has 0 aromatic rings. The summed E-state index contributed by atoms with van der Waals surface area (Å²) < 4.78 is 38.8. The van der Waals surface area contributed by atoms with Crippen LogP contribution in [0.15, 0.2) is 5.16 Å². The molecule has 0 aromatic carbocycles. The maximum atomic E-state index is 14.6. The van der Waals surface area contributed by atoms with Crippen molar-refractivity contribution >= 4 is 11.5 Å². The van der Waals surface area contributed by atoms with Gasteiger partial charge in [0.2, 0.25) is 0 Å². The van der Waals surface area contributed by atoms with Gasteiger partial charge in [-0.15, -0.1) is 0 Å². The van der Waals surface area contributed by atoms with E-state index >= 15 is 0 Å². The molecule has 0 spiro atoms. The molecular weight excluding hydrogens is 736 g/mol. The quantitative estimate of drug-likeness (QED) is 0.158. The molecule has 18 atom stereocenters. The molecule has 2 aliphatic heterocycles. The number of unbranched alkanes of at least 4 members (excludes halogenated alkanes) is 1. The molecule has 0 aromatic heterocycles. The molecule has 3 aliphatic rings. The van der Waals surface area contributed by atoms with Crippen LogP contribution >= 0.6 is 0 Å². The van der Waals surface area contributed by atoms with Gasteiger partial charge in [-0.25, -0.2) is 0 Å². The van der Waals surface area contributed by atoms with Crippen LogP contribution in [0.25, 0.3) is 0 Å². The zero-order valence-electron chi connectivity index (χ0n) is 37.8. The van der Waals surface area contributed by atoms with Gasteiger partial charge in [0.1, 0.15) is 24.6 Å². The van der Waals surface area contributed by atoms with Crippen molar-refractivity contribution in [3.63, 3.8) is 0 Å². The van der Waals surface area contributed by atoms with E-state index in [1.54, 1.807) is 28.1 Å². The normalized spacial score (nSPS) is 46.6. The minimum Gasteiger partial charge on any atom is -0.396 e. The molecule has 1 aliphatic carbocycles. The monoisotopic (exact) mass is 817 g/mol. The molecule has 3 rings (SSSR count). The molecule has 0 radical (unpaired) electrons. The Hall–Kier alpha value is -1.30. The number of nitrogens with zero attached hydrogens (tertiary/aromatic N) is 2. The van der Waals surface area contributed by atoms with Gasteiger partial charge >= 0.3 is 0 Å². The number of Topliss-reactive ketones (excluding diaryl/α,β-unsaturated/α-hetero) is 1. The molecule has 2 heterocycles. The van der Waals surface area contributed by atoms with E-state index in [2.05, 4.69) is 12.1 Å². The topological polar surface area (TPSA) is 178 Å². The van der Waals surface area contributed by atoms with E-state index in [1.165, 1.54) is 0 Å². The number of likely N-dealkylation sites (N-methyl/N-ethyl adjacent to an activating group) is 1. The van der Waals surface area contributed by atoms with Gasteiger partial charge in [0.15, 0.2) is 12.6 Å². The molecule has 2 saturated heterocycles. The van der Waals surface area contributed by atoms with Gasteiger partial charge in [0.05, 0.1) is 53.0 Å². The predicted octanol–water partition coefficient (Wildman–Crippen LogP) is 4.71. The number of carbonyl (C=O) groups is 1. The minimum absolute atomic E-state index is 0.0357. The predicted molar refractivity (Wildman–Crippen MR) is 218 cm³/mol. The molecule has 14 nitrogen and oxygen atoms in total. The molecule has 1 saturated carbocycles. The summed E-state index contributed by atoms with van der Waals surface area (Å²) in [5.41, 5.74) is -3.24. The highest BCUT2D eigenvalue weighted by atomic mass is 16.7. The molecule has 4 N–H and O–H groups in total. The lowest BCUT2D eigenvalue weighted by Gasteiger charge is -2.50. The highest BCUT2D eigenvalue weighted by Gasteiger charge is 2.53. The lowest BCUT2D eigenvalue weighted by atomic mass is 9.69. The first-order chi connectivity index (χ1) is 26.5. The fraction of sp³-hybridized carbons (Fsp3) is 0.953. The number of methoxy groups -OCH3 is 2. The second-order valence-corrected chi connectivity index (χ2v) is 18.4. The molecule has 334 valence electrons. The SMILES string of the molecule is CCCCO/N=C1\[C@H](C)C[C@@](C)(OC)[C@H](O[C@@H]2O[C@H](C)C[C@H](N(C)C)[C@H]2O)[C@@H](C)[C@H](O[C@H]2C[C@@](C)(OC)[C@@H](O)[C@H](C)O2)[C@@H](C)C(=O)C[C@H](CC)[C@@](C)(O)[C@H](O)[C@H]1C. The van der Waals surface area contributed by atoms with E-state index in [4.69, 9.17) is 33.3 Å². The van der Waals surface area contributed by atoms with Crippen molar-refractivity contribution in [3.05, 3.63) is 0 Å². The lowest BCUT2D eigenvalue weighted by molar-refractivity contribution is -0.318. The Kier molecular flexibility index (Phi) is 18.4. The van der Waals surface area contributed by atoms with Crippen LogP contribution in [0.1, 0.15) is 121 Å². The van der Waals surface area contributed by atoms with Crippen LogP contribution in [0.5, 0.6) is 0 Å². The van der Waals surface area contributed by atoms with Gasteiger partial charge in [-0.1, -0.05) is 59.5 Å². The van der Waals surface area contributed by atoms with E-state index in [-0.39, 0.29) is 36.7 Å². The second kappa shape index (κ2) is 21.0. The second-order valence-electron chi connectivity index (χ2n) is 18.4. The van der Waals surface area contributed by atoms with Crippen LogP contribution in [-0.2, 0) is 38.1 Å². The lowest BCUT2D eigenvalue weighted by Crippen LogP contribution is -2.61. The maximum absolute atomic E-state index is 14.6. The van der Waals surface area contributed by atoms with Crippen LogP contribution in [0, 0.1) is 29.6 Å². The zero-order chi connectivity index (χ0) is 43.2. The van der Waals surface area contributed by atoms with Crippen molar-refractivity contribution in [3.8, 4) is 0 Å². The average molecular weight is 817 g/mol. The number of carbonyl (C=O) groups excluding carboxylic acids is 1. The summed E-state index contributed by atoms with van der Waals surface area (Å²) in [6.07, 6.45) is -4.52. The number of ketones is 1. The fourth-order valence-electron chi connectivity index (χ4n) is 9.53. The van der Waals surface area contributed by atoms with Gasteiger partial charge in [0.25, 0.3) is 0 Å². The van der Waals surface area contributed by atoms with E-state index < -0.39 is 89.7 Å². The summed E-state index contributed by atoms with van der Waals surface area (Å²) in [6.45, 7) is 21.0. The third-order valence-corrected chi connectivity index (χ3v) is 13.7. The third kappa shape index (κ3) is 11.5. The largest absolute Gasteiger partial charge is 0.396 e. The number of rotatable bonds is 12. The Morgan fingerprint density at radius 1 is 0.877 bits per heavy atom. The molecule has 14 heteroatoms. The molecule has 57 heavy (non-hydrogen) atoms. The van der Waals surface area contributed by atoms with Gasteiger partial charge < -0.3 is 58.6 Å². The first kappa shape index (κ1) is 50.1. The van der Waals surface area contributed by atoms with Crippen LogP contribution in [0.3, 0.4) is 0 Å². The standard InChI is InChI=1S/C43H80N2O12/c1-16-18-19-53-44-34-24(3)22-42(10,52-15)39(57-40-35(47)31(45(12)13)20-25(4)54-40)28(7)36(56-33-23-41(9,51-14)38(49)29(8)55-33)26(5)32(46)21-30(17-2)43(11,50)37(48)27(34)6/h24-31,33,35-40,47-50H,16-23H2,1-15H3/b44-34+/t24-,25-,26+,27+,28+,29+,30+,31+,33+,35-,36-,37-,38+,39-,40+,41-,42-,43-/m1/s1. The Morgan fingerprint density at radius 2 is 1.51 bits per heavy atom. The number of aliphatic hydroxyl groups is 4. The molecule has 0 amide bonds. The average Bonchev–Trinajstić information content (AvgIpc) is 3.16. The van der Waals surface area contributed by atoms with E-state index in [0.29, 0.717) is 31.6 Å².